The average Bonchev–Trinajstić information content (AvgIpc) is 3.40. The van der Waals surface area contributed by atoms with Crippen LogP contribution in [0.15, 0.2) is 120 Å². The molecule has 6 nitrogen and oxygen atoms in total. The molecule has 162 valence electrons. The molecular formula is C28H19N5O. The van der Waals surface area contributed by atoms with Gasteiger partial charge in [-0.15, -0.1) is 10.2 Å². The molecule has 6 rings (SSSR count). The molecule has 0 amide bonds. The zero-order valence-corrected chi connectivity index (χ0v) is 18.1. The van der Waals surface area contributed by atoms with E-state index in [4.69, 9.17) is 4.42 Å². The fourth-order valence-corrected chi connectivity index (χ4v) is 3.97. The van der Waals surface area contributed by atoms with E-state index in [0.717, 1.165) is 39.2 Å². The van der Waals surface area contributed by atoms with E-state index in [1.807, 2.05) is 89.8 Å². The Morgan fingerprint density at radius 3 is 1.91 bits per heavy atom. The summed E-state index contributed by atoms with van der Waals surface area (Å²) in [5.41, 5.74) is 2.68. The Hall–Kier alpha value is -4.84. The van der Waals surface area contributed by atoms with Crippen LogP contribution in [0.25, 0.3) is 33.7 Å². The van der Waals surface area contributed by atoms with Crippen LogP contribution in [0.1, 0.15) is 0 Å². The zero-order valence-electron chi connectivity index (χ0n) is 18.1. The van der Waals surface area contributed by atoms with Gasteiger partial charge in [0.1, 0.15) is 11.6 Å². The Morgan fingerprint density at radius 1 is 0.559 bits per heavy atom. The number of rotatable bonds is 5. The predicted octanol–water partition coefficient (Wildman–Crippen LogP) is 6.82. The maximum absolute atomic E-state index is 6.07. The van der Waals surface area contributed by atoms with Crippen LogP contribution in [0.2, 0.25) is 0 Å². The molecule has 0 N–H and O–H groups in total. The van der Waals surface area contributed by atoms with Gasteiger partial charge in [0.15, 0.2) is 0 Å². The third kappa shape index (κ3) is 3.67. The van der Waals surface area contributed by atoms with Crippen molar-refractivity contribution in [3.63, 3.8) is 0 Å². The summed E-state index contributed by atoms with van der Waals surface area (Å²) in [4.78, 5) is 11.0. The average molecular weight is 441 g/mol. The summed E-state index contributed by atoms with van der Waals surface area (Å²) in [5.74, 6) is 2.53. The third-order valence-electron chi connectivity index (χ3n) is 5.57. The molecule has 0 saturated carbocycles. The Morgan fingerprint density at radius 2 is 1.21 bits per heavy atom. The van der Waals surface area contributed by atoms with E-state index in [0.29, 0.717) is 11.8 Å². The minimum absolute atomic E-state index is 0.469. The van der Waals surface area contributed by atoms with Crippen LogP contribution < -0.4 is 4.90 Å². The van der Waals surface area contributed by atoms with Crippen molar-refractivity contribution in [3.05, 3.63) is 116 Å². The normalized spacial score (nSPS) is 10.9. The first kappa shape index (κ1) is 19.8. The number of anilines is 3. The van der Waals surface area contributed by atoms with E-state index in [9.17, 15) is 0 Å². The highest BCUT2D eigenvalue weighted by molar-refractivity contribution is 5.94. The van der Waals surface area contributed by atoms with Crippen LogP contribution in [0.4, 0.5) is 17.3 Å². The zero-order chi connectivity index (χ0) is 22.7. The molecule has 0 fully saturated rings. The fraction of sp³-hybridized carbons (Fsp3) is 0. The summed E-state index contributed by atoms with van der Waals surface area (Å²) in [6.07, 6.45) is 3.54. The Labute approximate surface area is 196 Å². The van der Waals surface area contributed by atoms with Crippen LogP contribution in [0, 0.1) is 0 Å². The first-order valence-electron chi connectivity index (χ1n) is 10.9. The van der Waals surface area contributed by atoms with Crippen molar-refractivity contribution in [2.45, 2.75) is 0 Å². The van der Waals surface area contributed by atoms with Gasteiger partial charge in [-0.1, -0.05) is 48.5 Å². The molecule has 3 aromatic heterocycles. The Kier molecular flexibility index (Phi) is 5.01. The van der Waals surface area contributed by atoms with Crippen molar-refractivity contribution < 1.29 is 4.42 Å². The number of nitrogens with zero attached hydrogens (tertiary/aromatic N) is 5. The topological polar surface area (TPSA) is 67.9 Å². The summed E-state index contributed by atoms with van der Waals surface area (Å²) in [6, 6.07) is 33.8. The molecule has 0 bridgehead atoms. The fourth-order valence-electron chi connectivity index (χ4n) is 3.97. The van der Waals surface area contributed by atoms with Gasteiger partial charge in [-0.3, -0.25) is 4.90 Å². The highest BCUT2D eigenvalue weighted by atomic mass is 16.4. The second kappa shape index (κ2) is 8.60. The molecule has 0 aliphatic heterocycles. The molecule has 0 unspecified atom stereocenters. The molecule has 0 spiro atoms. The maximum Gasteiger partial charge on any atom is 0.248 e. The molecule has 3 heterocycles. The number of fused-ring (bicyclic) bond motifs is 1. The van der Waals surface area contributed by atoms with E-state index in [1.54, 1.807) is 12.4 Å². The second-order valence-corrected chi connectivity index (χ2v) is 7.70. The van der Waals surface area contributed by atoms with Crippen molar-refractivity contribution in [1.29, 1.82) is 0 Å². The highest BCUT2D eigenvalue weighted by Crippen LogP contribution is 2.34. The quantitative estimate of drug-likeness (QED) is 0.292. The molecule has 6 heteroatoms. The third-order valence-corrected chi connectivity index (χ3v) is 5.57. The molecular weight excluding hydrogens is 422 g/mol. The molecule has 0 aliphatic rings. The molecule has 0 radical (unpaired) electrons. The van der Waals surface area contributed by atoms with Gasteiger partial charge in [0.05, 0.1) is 0 Å². The SMILES string of the molecule is c1ccc(N(c2ccc(-c3nnc(-c4cccc5ccccc45)o3)cc2)c2ccccn2)nc1. The summed E-state index contributed by atoms with van der Waals surface area (Å²) < 4.78 is 6.07. The van der Waals surface area contributed by atoms with Gasteiger partial charge in [0.25, 0.3) is 0 Å². The molecule has 6 aromatic rings. The summed E-state index contributed by atoms with van der Waals surface area (Å²) >= 11 is 0. The summed E-state index contributed by atoms with van der Waals surface area (Å²) in [7, 11) is 0. The largest absolute Gasteiger partial charge is 0.416 e. The standard InChI is InChI=1S/C28H19N5O/c1-2-10-23-20(8-1)9-7-11-24(23)28-32-31-27(34-28)21-14-16-22(17-15-21)33(25-12-3-5-18-29-25)26-13-4-6-19-30-26/h1-19H. The number of benzene rings is 3. The van der Waals surface area contributed by atoms with E-state index in [2.05, 4.69) is 38.4 Å². The lowest BCUT2D eigenvalue weighted by Crippen LogP contribution is -2.12. The molecule has 34 heavy (non-hydrogen) atoms. The second-order valence-electron chi connectivity index (χ2n) is 7.70. The number of hydrogen-bond acceptors (Lipinski definition) is 6. The maximum atomic E-state index is 6.07. The van der Waals surface area contributed by atoms with Gasteiger partial charge in [-0.05, 0) is 65.4 Å². The Balaban J connectivity index is 1.35. The van der Waals surface area contributed by atoms with Crippen molar-refractivity contribution in [2.75, 3.05) is 4.90 Å². The number of pyridine rings is 2. The van der Waals surface area contributed by atoms with Gasteiger partial charge < -0.3 is 4.42 Å². The lowest BCUT2D eigenvalue weighted by atomic mass is 10.0. The summed E-state index contributed by atoms with van der Waals surface area (Å²) in [6.45, 7) is 0. The first-order valence-corrected chi connectivity index (χ1v) is 10.9. The minimum Gasteiger partial charge on any atom is -0.416 e. The van der Waals surface area contributed by atoms with E-state index >= 15 is 0 Å². The molecule has 0 atom stereocenters. The minimum atomic E-state index is 0.469. The summed E-state index contributed by atoms with van der Waals surface area (Å²) in [5, 5.41) is 10.8. The molecule has 3 aromatic carbocycles. The molecule has 0 saturated heterocycles. The van der Waals surface area contributed by atoms with Crippen LogP contribution in [0.5, 0.6) is 0 Å². The number of aromatic nitrogens is 4. The monoisotopic (exact) mass is 441 g/mol. The van der Waals surface area contributed by atoms with Crippen LogP contribution in [0.3, 0.4) is 0 Å². The van der Waals surface area contributed by atoms with Crippen molar-refractivity contribution in [1.82, 2.24) is 20.2 Å². The van der Waals surface area contributed by atoms with E-state index in [-0.39, 0.29) is 0 Å². The van der Waals surface area contributed by atoms with Crippen LogP contribution in [-0.4, -0.2) is 20.2 Å². The van der Waals surface area contributed by atoms with E-state index < -0.39 is 0 Å². The van der Waals surface area contributed by atoms with Gasteiger partial charge in [-0.2, -0.15) is 0 Å². The smallest absolute Gasteiger partial charge is 0.248 e. The van der Waals surface area contributed by atoms with Crippen LogP contribution in [-0.2, 0) is 0 Å². The van der Waals surface area contributed by atoms with E-state index in [1.165, 1.54) is 0 Å². The van der Waals surface area contributed by atoms with Crippen molar-refractivity contribution in [3.8, 4) is 22.9 Å². The van der Waals surface area contributed by atoms with Crippen molar-refractivity contribution in [2.24, 2.45) is 0 Å². The first-order chi connectivity index (χ1) is 16.9. The van der Waals surface area contributed by atoms with Gasteiger partial charge >= 0.3 is 0 Å². The predicted molar refractivity (Wildman–Crippen MR) is 133 cm³/mol. The lowest BCUT2D eigenvalue weighted by Gasteiger charge is -2.22. The van der Waals surface area contributed by atoms with Gasteiger partial charge in [-0.25, -0.2) is 9.97 Å². The van der Waals surface area contributed by atoms with Gasteiger partial charge in [0, 0.05) is 29.2 Å². The highest BCUT2D eigenvalue weighted by Gasteiger charge is 2.16. The Bertz CT molecular complexity index is 1500. The number of hydrogen-bond donors (Lipinski definition) is 0. The lowest BCUT2D eigenvalue weighted by molar-refractivity contribution is 0.585. The van der Waals surface area contributed by atoms with Crippen LogP contribution >= 0.6 is 0 Å². The van der Waals surface area contributed by atoms with Crippen molar-refractivity contribution >= 4 is 28.1 Å². The molecule has 0 aliphatic carbocycles. The van der Waals surface area contributed by atoms with Gasteiger partial charge in [0.2, 0.25) is 11.8 Å².